The molecule has 0 saturated carbocycles. The first-order valence-electron chi connectivity index (χ1n) is 8.56. The lowest BCUT2D eigenvalue weighted by molar-refractivity contribution is 0.0949. The zero-order valence-corrected chi connectivity index (χ0v) is 14.3. The molecule has 0 unspecified atom stereocenters. The number of hydrogen-bond acceptors (Lipinski definition) is 5. The number of nitrogens with one attached hydrogen (secondary N) is 4. The van der Waals surface area contributed by atoms with Gasteiger partial charge in [-0.05, 0) is 30.7 Å². The molecule has 8 heteroatoms. The number of aromatic amines is 2. The maximum Gasteiger partial charge on any atom is 0.267 e. The van der Waals surface area contributed by atoms with Gasteiger partial charge in [0.25, 0.3) is 5.91 Å². The molecule has 0 saturated heterocycles. The number of amides is 1. The molecular formula is C18H19N7O. The number of unbranched alkanes of at least 4 members (excludes halogenated alkanes) is 1. The molecule has 1 amide bonds. The van der Waals surface area contributed by atoms with E-state index < -0.39 is 0 Å². The summed E-state index contributed by atoms with van der Waals surface area (Å²) in [5, 5.41) is 14.9. The number of benzene rings is 1. The van der Waals surface area contributed by atoms with E-state index in [-0.39, 0.29) is 5.91 Å². The second-order valence-corrected chi connectivity index (χ2v) is 6.07. The third-order valence-corrected chi connectivity index (χ3v) is 4.19. The Morgan fingerprint density at radius 3 is 3.04 bits per heavy atom. The number of carbonyl (C=O) groups excluding carboxylic acids is 1. The molecule has 1 aromatic carbocycles. The van der Waals surface area contributed by atoms with Crippen molar-refractivity contribution in [1.29, 1.82) is 0 Å². The summed E-state index contributed by atoms with van der Waals surface area (Å²) in [6.45, 7) is 2.75. The zero-order chi connectivity index (χ0) is 17.9. The summed E-state index contributed by atoms with van der Waals surface area (Å²) in [5.41, 5.74) is 2.95. The Morgan fingerprint density at radius 2 is 2.15 bits per heavy atom. The van der Waals surface area contributed by atoms with Gasteiger partial charge in [-0.3, -0.25) is 9.89 Å². The molecule has 0 spiro atoms. The molecule has 26 heavy (non-hydrogen) atoms. The van der Waals surface area contributed by atoms with Crippen LogP contribution in [0.4, 0.5) is 11.5 Å². The number of H-pyrrole nitrogens is 2. The van der Waals surface area contributed by atoms with Gasteiger partial charge in [-0.25, -0.2) is 9.97 Å². The molecule has 0 atom stereocenters. The number of rotatable bonds is 6. The molecule has 0 aliphatic carbocycles. The standard InChI is InChI=1S/C18H19N7O/c1-2-3-6-19-18(26)15-8-13-16(20-10-21-17(13)24-15)23-12-4-5-14-11(7-12)9-22-25-14/h4-5,7-10H,2-3,6H2,1H3,(H,19,26)(H,22,25)(H2,20,21,23,24). The van der Waals surface area contributed by atoms with Crippen LogP contribution in [0.25, 0.3) is 21.9 Å². The Labute approximate surface area is 149 Å². The Hall–Kier alpha value is -3.42. The van der Waals surface area contributed by atoms with E-state index >= 15 is 0 Å². The lowest BCUT2D eigenvalue weighted by atomic mass is 10.2. The molecule has 4 rings (SSSR count). The maximum absolute atomic E-state index is 12.3. The van der Waals surface area contributed by atoms with E-state index in [4.69, 9.17) is 0 Å². The van der Waals surface area contributed by atoms with Gasteiger partial charge < -0.3 is 15.6 Å². The highest BCUT2D eigenvalue weighted by Crippen LogP contribution is 2.25. The van der Waals surface area contributed by atoms with Crippen molar-refractivity contribution in [2.45, 2.75) is 19.8 Å². The van der Waals surface area contributed by atoms with Crippen molar-refractivity contribution < 1.29 is 4.79 Å². The number of hydrogen-bond donors (Lipinski definition) is 4. The smallest absolute Gasteiger partial charge is 0.267 e. The maximum atomic E-state index is 12.3. The van der Waals surface area contributed by atoms with E-state index in [1.54, 1.807) is 12.3 Å². The van der Waals surface area contributed by atoms with Crippen LogP contribution in [0.5, 0.6) is 0 Å². The Kier molecular flexibility index (Phi) is 4.22. The largest absolute Gasteiger partial charge is 0.351 e. The van der Waals surface area contributed by atoms with Gasteiger partial charge in [0.15, 0.2) is 0 Å². The van der Waals surface area contributed by atoms with Crippen LogP contribution < -0.4 is 10.6 Å². The van der Waals surface area contributed by atoms with Crippen molar-refractivity contribution in [1.82, 2.24) is 30.5 Å². The number of anilines is 2. The molecule has 3 heterocycles. The van der Waals surface area contributed by atoms with E-state index in [0.717, 1.165) is 34.8 Å². The van der Waals surface area contributed by atoms with Gasteiger partial charge in [-0.15, -0.1) is 0 Å². The van der Waals surface area contributed by atoms with Crippen molar-refractivity contribution in [2.24, 2.45) is 0 Å². The van der Waals surface area contributed by atoms with Gasteiger partial charge in [-0.2, -0.15) is 5.10 Å². The zero-order valence-electron chi connectivity index (χ0n) is 14.3. The third-order valence-electron chi connectivity index (χ3n) is 4.19. The SMILES string of the molecule is CCCCNC(=O)c1cc2c(Nc3ccc4[nH]ncc4c3)ncnc2[nH]1. The van der Waals surface area contributed by atoms with E-state index in [9.17, 15) is 4.79 Å². The molecule has 4 aromatic rings. The number of aromatic nitrogens is 5. The van der Waals surface area contributed by atoms with Crippen molar-refractivity contribution >= 4 is 39.3 Å². The van der Waals surface area contributed by atoms with Gasteiger partial charge in [0.2, 0.25) is 0 Å². The first kappa shape index (κ1) is 16.1. The van der Waals surface area contributed by atoms with E-state index in [1.165, 1.54) is 6.33 Å². The molecule has 0 aliphatic rings. The molecule has 132 valence electrons. The fourth-order valence-electron chi connectivity index (χ4n) is 2.79. The van der Waals surface area contributed by atoms with Crippen molar-refractivity contribution in [3.8, 4) is 0 Å². The van der Waals surface area contributed by atoms with Crippen LogP contribution in [0.15, 0.2) is 36.8 Å². The number of fused-ring (bicyclic) bond motifs is 2. The second-order valence-electron chi connectivity index (χ2n) is 6.07. The number of nitrogens with zero attached hydrogens (tertiary/aromatic N) is 3. The minimum Gasteiger partial charge on any atom is -0.351 e. The average Bonchev–Trinajstić information content (AvgIpc) is 3.28. The topological polar surface area (TPSA) is 111 Å². The van der Waals surface area contributed by atoms with Gasteiger partial charge in [-0.1, -0.05) is 13.3 Å². The minimum absolute atomic E-state index is 0.137. The lowest BCUT2D eigenvalue weighted by Gasteiger charge is -2.06. The summed E-state index contributed by atoms with van der Waals surface area (Å²) < 4.78 is 0. The summed E-state index contributed by atoms with van der Waals surface area (Å²) in [5.74, 6) is 0.504. The fraction of sp³-hybridized carbons (Fsp3) is 0.222. The van der Waals surface area contributed by atoms with Crippen molar-refractivity contribution in [3.63, 3.8) is 0 Å². The van der Waals surface area contributed by atoms with Crippen LogP contribution in [0.1, 0.15) is 30.3 Å². The quantitative estimate of drug-likeness (QED) is 0.400. The summed E-state index contributed by atoms with van der Waals surface area (Å²) in [7, 11) is 0. The minimum atomic E-state index is -0.137. The first-order chi connectivity index (χ1) is 12.7. The van der Waals surface area contributed by atoms with Crippen LogP contribution >= 0.6 is 0 Å². The van der Waals surface area contributed by atoms with Crippen LogP contribution in [0, 0.1) is 0 Å². The second kappa shape index (κ2) is 6.83. The van der Waals surface area contributed by atoms with Crippen molar-refractivity contribution in [2.75, 3.05) is 11.9 Å². The van der Waals surface area contributed by atoms with Crippen LogP contribution in [-0.2, 0) is 0 Å². The van der Waals surface area contributed by atoms with Gasteiger partial charge >= 0.3 is 0 Å². The van der Waals surface area contributed by atoms with E-state index in [0.29, 0.717) is 23.7 Å². The van der Waals surface area contributed by atoms with Crippen LogP contribution in [-0.4, -0.2) is 37.6 Å². The normalized spacial score (nSPS) is 11.1. The molecule has 0 radical (unpaired) electrons. The molecule has 0 bridgehead atoms. The molecule has 4 N–H and O–H groups in total. The third kappa shape index (κ3) is 3.08. The van der Waals surface area contributed by atoms with Gasteiger partial charge in [0.1, 0.15) is 23.5 Å². The highest BCUT2D eigenvalue weighted by Gasteiger charge is 2.13. The predicted octanol–water partition coefficient (Wildman–Crippen LogP) is 3.11. The lowest BCUT2D eigenvalue weighted by Crippen LogP contribution is -2.24. The van der Waals surface area contributed by atoms with Crippen LogP contribution in [0.2, 0.25) is 0 Å². The molecule has 0 fully saturated rings. The molecule has 8 nitrogen and oxygen atoms in total. The monoisotopic (exact) mass is 349 g/mol. The van der Waals surface area contributed by atoms with Crippen molar-refractivity contribution in [3.05, 3.63) is 42.5 Å². The van der Waals surface area contributed by atoms with Crippen LogP contribution in [0.3, 0.4) is 0 Å². The number of carbonyl (C=O) groups is 1. The average molecular weight is 349 g/mol. The summed E-state index contributed by atoms with van der Waals surface area (Å²) in [4.78, 5) is 23.9. The van der Waals surface area contributed by atoms with E-state index in [2.05, 4.69) is 42.7 Å². The summed E-state index contributed by atoms with van der Waals surface area (Å²) in [6, 6.07) is 7.65. The Morgan fingerprint density at radius 1 is 1.23 bits per heavy atom. The Balaban J connectivity index is 1.61. The predicted molar refractivity (Wildman–Crippen MR) is 101 cm³/mol. The highest BCUT2D eigenvalue weighted by molar-refractivity contribution is 6.00. The van der Waals surface area contributed by atoms with Gasteiger partial charge in [0.05, 0.1) is 17.1 Å². The summed E-state index contributed by atoms with van der Waals surface area (Å²) in [6.07, 6.45) is 5.23. The first-order valence-corrected chi connectivity index (χ1v) is 8.56. The van der Waals surface area contributed by atoms with E-state index in [1.807, 2.05) is 18.2 Å². The molecule has 0 aliphatic heterocycles. The fourth-order valence-corrected chi connectivity index (χ4v) is 2.79. The van der Waals surface area contributed by atoms with Gasteiger partial charge in [0, 0.05) is 17.6 Å². The summed E-state index contributed by atoms with van der Waals surface area (Å²) >= 11 is 0. The molecule has 3 aromatic heterocycles. The molecular weight excluding hydrogens is 330 g/mol. The highest BCUT2D eigenvalue weighted by atomic mass is 16.1. The Bertz CT molecular complexity index is 1070.